The number of tetrazole rings is 1. The van der Waals surface area contributed by atoms with Crippen molar-refractivity contribution in [2.75, 3.05) is 11.9 Å². The number of aromatic nitrogens is 4. The van der Waals surface area contributed by atoms with Gasteiger partial charge in [-0.05, 0) is 42.0 Å². The van der Waals surface area contributed by atoms with E-state index in [4.69, 9.17) is 5.11 Å². The number of aryl methyl sites for hydroxylation is 1. The van der Waals surface area contributed by atoms with E-state index >= 15 is 0 Å². The molecule has 0 saturated heterocycles. The minimum absolute atomic E-state index is 0. The van der Waals surface area contributed by atoms with E-state index in [0.717, 1.165) is 0 Å². The lowest BCUT2D eigenvalue weighted by Crippen LogP contribution is -2.41. The van der Waals surface area contributed by atoms with Gasteiger partial charge >= 0.3 is 5.97 Å². The molecule has 9 nitrogen and oxygen atoms in total. The highest BCUT2D eigenvalue weighted by molar-refractivity contribution is 5.93. The molecular formula is C15H20ClFN6O3. The average molecular weight is 387 g/mol. The Labute approximate surface area is 155 Å². The molecule has 26 heavy (non-hydrogen) atoms. The Kier molecular flexibility index (Phi) is 8.07. The van der Waals surface area contributed by atoms with Crippen LogP contribution in [0.25, 0.3) is 5.69 Å². The number of carbonyl (C=O) groups is 2. The summed E-state index contributed by atoms with van der Waals surface area (Å²) >= 11 is 0. The number of hydrogen-bond acceptors (Lipinski definition) is 6. The van der Waals surface area contributed by atoms with E-state index in [1.54, 1.807) is 6.92 Å². The average Bonchev–Trinajstić information content (AvgIpc) is 2.99. The molecule has 0 aliphatic heterocycles. The highest BCUT2D eigenvalue weighted by Gasteiger charge is 2.17. The Bertz CT molecular complexity index is 770. The summed E-state index contributed by atoms with van der Waals surface area (Å²) in [7, 11) is 0. The molecule has 2 rings (SSSR count). The molecule has 142 valence electrons. The number of benzene rings is 1. The van der Waals surface area contributed by atoms with E-state index in [1.807, 2.05) is 6.92 Å². The second-order valence-corrected chi connectivity index (χ2v) is 5.41. The molecule has 0 saturated carbocycles. The number of nitrogens with one attached hydrogen (secondary N) is 2. The second-order valence-electron chi connectivity index (χ2n) is 5.41. The third-order valence-corrected chi connectivity index (χ3v) is 3.48. The van der Waals surface area contributed by atoms with Gasteiger partial charge in [0.2, 0.25) is 5.91 Å². The lowest BCUT2D eigenvalue weighted by Gasteiger charge is -2.14. The van der Waals surface area contributed by atoms with Crippen molar-refractivity contribution in [3.05, 3.63) is 29.8 Å². The first-order valence-corrected chi connectivity index (χ1v) is 7.73. The Balaban J connectivity index is 0.00000338. The smallest absolute Gasteiger partial charge is 0.320 e. The zero-order valence-corrected chi connectivity index (χ0v) is 15.1. The molecule has 1 amide bonds. The fraction of sp³-hybridized carbons (Fsp3) is 0.400. The largest absolute Gasteiger partial charge is 0.480 e. The molecule has 2 aromatic rings. The van der Waals surface area contributed by atoms with Gasteiger partial charge in [0, 0.05) is 0 Å². The van der Waals surface area contributed by atoms with Crippen molar-refractivity contribution in [1.29, 1.82) is 0 Å². The molecule has 3 N–H and O–H groups in total. The third kappa shape index (κ3) is 5.46. The zero-order chi connectivity index (χ0) is 18.4. The van der Waals surface area contributed by atoms with Crippen LogP contribution in [0, 0.1) is 12.7 Å². The summed E-state index contributed by atoms with van der Waals surface area (Å²) < 4.78 is 15.3. The Hall–Kier alpha value is -2.59. The standard InChI is InChI=1S/C15H19FN6O3.ClH/c1-3-4-12(15(24)25)17-8-14(23)18-13-7-10(5-6-11(13)16)22-9(2)19-20-21-22;/h5-7,12,17H,3-4,8H2,1-2H3,(H,18,23)(H,24,25);1H. The quantitative estimate of drug-likeness (QED) is 0.625. The van der Waals surface area contributed by atoms with Gasteiger partial charge in [-0.2, -0.15) is 4.68 Å². The molecule has 11 heteroatoms. The van der Waals surface area contributed by atoms with Crippen LogP contribution in [0.1, 0.15) is 25.6 Å². The van der Waals surface area contributed by atoms with E-state index in [2.05, 4.69) is 26.2 Å². The second kappa shape index (κ2) is 9.78. The van der Waals surface area contributed by atoms with Crippen molar-refractivity contribution in [1.82, 2.24) is 25.5 Å². The van der Waals surface area contributed by atoms with Gasteiger partial charge in [-0.3, -0.25) is 14.9 Å². The van der Waals surface area contributed by atoms with Crippen LogP contribution in [0.3, 0.4) is 0 Å². The monoisotopic (exact) mass is 386 g/mol. The molecule has 0 bridgehead atoms. The van der Waals surface area contributed by atoms with Gasteiger partial charge in [-0.25, -0.2) is 4.39 Å². The van der Waals surface area contributed by atoms with Crippen molar-refractivity contribution in [2.24, 2.45) is 0 Å². The number of carboxylic acids is 1. The summed E-state index contributed by atoms with van der Waals surface area (Å²) in [6.07, 6.45) is 1.05. The van der Waals surface area contributed by atoms with E-state index in [-0.39, 0.29) is 24.6 Å². The lowest BCUT2D eigenvalue weighted by molar-refractivity contribution is -0.139. The summed E-state index contributed by atoms with van der Waals surface area (Å²) in [5.41, 5.74) is 0.447. The van der Waals surface area contributed by atoms with Crippen LogP contribution in [0.2, 0.25) is 0 Å². The molecule has 0 aliphatic carbocycles. The van der Waals surface area contributed by atoms with E-state index in [9.17, 15) is 14.0 Å². The van der Waals surface area contributed by atoms with Crippen LogP contribution in [0.5, 0.6) is 0 Å². The van der Waals surface area contributed by atoms with E-state index in [1.165, 1.54) is 22.9 Å². The van der Waals surface area contributed by atoms with Crippen molar-refractivity contribution in [3.63, 3.8) is 0 Å². The Morgan fingerprint density at radius 1 is 1.38 bits per heavy atom. The van der Waals surface area contributed by atoms with Gasteiger partial charge in [0.25, 0.3) is 0 Å². The normalized spacial score (nSPS) is 11.5. The van der Waals surface area contributed by atoms with Crippen molar-refractivity contribution in [2.45, 2.75) is 32.7 Å². The summed E-state index contributed by atoms with van der Waals surface area (Å²) in [5, 5.41) is 25.1. The van der Waals surface area contributed by atoms with Gasteiger partial charge in [0.1, 0.15) is 11.9 Å². The van der Waals surface area contributed by atoms with Gasteiger partial charge in [-0.15, -0.1) is 17.5 Å². The van der Waals surface area contributed by atoms with Crippen LogP contribution < -0.4 is 10.6 Å². The summed E-state index contributed by atoms with van der Waals surface area (Å²) in [4.78, 5) is 23.0. The summed E-state index contributed by atoms with van der Waals surface area (Å²) in [6.45, 7) is 3.29. The van der Waals surface area contributed by atoms with Crippen LogP contribution >= 0.6 is 12.4 Å². The van der Waals surface area contributed by atoms with Crippen LogP contribution in [0.4, 0.5) is 10.1 Å². The molecule has 0 aliphatic rings. The molecule has 0 fully saturated rings. The van der Waals surface area contributed by atoms with Crippen molar-refractivity contribution >= 4 is 30.0 Å². The SMILES string of the molecule is CCCC(NCC(=O)Nc1cc(-n2nnnc2C)ccc1F)C(=O)O.Cl. The highest BCUT2D eigenvalue weighted by Crippen LogP contribution is 2.19. The minimum atomic E-state index is -1.03. The predicted molar refractivity (Wildman–Crippen MR) is 94.1 cm³/mol. The van der Waals surface area contributed by atoms with Crippen molar-refractivity contribution < 1.29 is 19.1 Å². The molecule has 1 atom stereocenters. The van der Waals surface area contributed by atoms with Crippen molar-refractivity contribution in [3.8, 4) is 5.69 Å². The fourth-order valence-electron chi connectivity index (χ4n) is 2.22. The first-order chi connectivity index (χ1) is 11.9. The van der Waals surface area contributed by atoms with Gasteiger partial charge in [0.15, 0.2) is 5.82 Å². The minimum Gasteiger partial charge on any atom is -0.480 e. The van der Waals surface area contributed by atoms with E-state index in [0.29, 0.717) is 24.4 Å². The van der Waals surface area contributed by atoms with Gasteiger partial charge < -0.3 is 10.4 Å². The number of nitrogens with zero attached hydrogens (tertiary/aromatic N) is 4. The third-order valence-electron chi connectivity index (χ3n) is 3.48. The first-order valence-electron chi connectivity index (χ1n) is 7.73. The molecule has 1 unspecified atom stereocenters. The number of halogens is 2. The maximum atomic E-state index is 13.9. The number of amides is 1. The lowest BCUT2D eigenvalue weighted by atomic mass is 10.1. The molecule has 1 aromatic heterocycles. The van der Waals surface area contributed by atoms with Crippen LogP contribution in [0.15, 0.2) is 18.2 Å². The van der Waals surface area contributed by atoms with Gasteiger partial charge in [-0.1, -0.05) is 13.3 Å². The highest BCUT2D eigenvalue weighted by atomic mass is 35.5. The zero-order valence-electron chi connectivity index (χ0n) is 14.3. The number of carbonyl (C=O) groups excluding carboxylic acids is 1. The van der Waals surface area contributed by atoms with Crippen LogP contribution in [-0.2, 0) is 9.59 Å². The molecule has 1 aromatic carbocycles. The number of hydrogen-bond donors (Lipinski definition) is 3. The maximum Gasteiger partial charge on any atom is 0.320 e. The molecule has 0 spiro atoms. The van der Waals surface area contributed by atoms with Gasteiger partial charge in [0.05, 0.1) is 17.9 Å². The Morgan fingerprint density at radius 3 is 2.69 bits per heavy atom. The van der Waals surface area contributed by atoms with E-state index < -0.39 is 23.7 Å². The maximum absolute atomic E-state index is 13.9. The summed E-state index contributed by atoms with van der Waals surface area (Å²) in [6, 6.07) is 3.25. The predicted octanol–water partition coefficient (Wildman–Crippen LogP) is 1.31. The number of carboxylic acid groups (broad SMARTS) is 1. The molecule has 1 heterocycles. The van der Waals surface area contributed by atoms with Crippen LogP contribution in [-0.4, -0.2) is 49.8 Å². The fourth-order valence-corrected chi connectivity index (χ4v) is 2.22. The Morgan fingerprint density at radius 2 is 2.12 bits per heavy atom. The molecular weight excluding hydrogens is 367 g/mol. The summed E-state index contributed by atoms with van der Waals surface area (Å²) in [5.74, 6) is -1.69. The molecule has 0 radical (unpaired) electrons. The number of anilines is 1. The number of aliphatic carboxylic acids is 1. The number of rotatable bonds is 8. The first kappa shape index (κ1) is 21.5. The topological polar surface area (TPSA) is 122 Å².